The van der Waals surface area contributed by atoms with E-state index in [0.717, 1.165) is 42.2 Å². The van der Waals surface area contributed by atoms with Crippen molar-refractivity contribution >= 4 is 33.4 Å². The number of nitrogens with zero attached hydrogens (tertiary/aromatic N) is 1. The smallest absolute Gasteiger partial charge is 0.243 e. The molecule has 210 valence electrons. The molecule has 1 saturated heterocycles. The summed E-state index contributed by atoms with van der Waals surface area (Å²) in [6.07, 6.45) is 2.40. The summed E-state index contributed by atoms with van der Waals surface area (Å²) in [5, 5.41) is 9.67. The third-order valence-electron chi connectivity index (χ3n) is 7.44. The molecule has 0 aromatic heterocycles. The summed E-state index contributed by atoms with van der Waals surface area (Å²) in [7, 11) is -3.99. The molecule has 1 aliphatic carbocycles. The Hall–Kier alpha value is -3.24. The highest BCUT2D eigenvalue weighted by molar-refractivity contribution is 7.89. The molecular formula is C30H33ClN4O4S. The Bertz CT molecular complexity index is 1460. The van der Waals surface area contributed by atoms with Gasteiger partial charge in [0.15, 0.2) is 0 Å². The van der Waals surface area contributed by atoms with E-state index in [2.05, 4.69) is 46.3 Å². The van der Waals surface area contributed by atoms with Crippen LogP contribution in [0.4, 0.5) is 0 Å². The van der Waals surface area contributed by atoms with Crippen LogP contribution in [-0.4, -0.2) is 43.7 Å². The van der Waals surface area contributed by atoms with Crippen LogP contribution in [0, 0.1) is 0 Å². The lowest BCUT2D eigenvalue weighted by molar-refractivity contribution is -0.132. The van der Waals surface area contributed by atoms with Crippen LogP contribution in [0.1, 0.15) is 47.6 Å². The van der Waals surface area contributed by atoms with Gasteiger partial charge in [-0.1, -0.05) is 60.1 Å². The summed E-state index contributed by atoms with van der Waals surface area (Å²) in [4.78, 5) is 26.0. The zero-order chi connectivity index (χ0) is 28.1. The van der Waals surface area contributed by atoms with Gasteiger partial charge in [-0.05, 0) is 65.8 Å². The number of hydrogen-bond acceptors (Lipinski definition) is 5. The number of nitrogens with one attached hydrogen (secondary N) is 3. The number of benzene rings is 3. The fraction of sp³-hybridized carbons (Fsp3) is 0.333. The summed E-state index contributed by atoms with van der Waals surface area (Å²) < 4.78 is 27.8. The van der Waals surface area contributed by atoms with Crippen molar-refractivity contribution in [2.75, 3.05) is 13.1 Å². The molecule has 0 radical (unpaired) electrons. The summed E-state index contributed by atoms with van der Waals surface area (Å²) in [6.45, 7) is 1.80. The molecule has 1 aliphatic heterocycles. The van der Waals surface area contributed by atoms with E-state index in [1.165, 1.54) is 41.0 Å². The maximum absolute atomic E-state index is 13.3. The average Bonchev–Trinajstić information content (AvgIpc) is 2.95. The molecule has 8 nitrogen and oxygen atoms in total. The van der Waals surface area contributed by atoms with Gasteiger partial charge < -0.3 is 16.0 Å². The Morgan fingerprint density at radius 1 is 1.00 bits per heavy atom. The first-order valence-corrected chi connectivity index (χ1v) is 15.3. The van der Waals surface area contributed by atoms with Gasteiger partial charge in [-0.25, -0.2) is 8.42 Å². The quantitative estimate of drug-likeness (QED) is 0.358. The number of aryl methyl sites for hydroxylation is 1. The van der Waals surface area contributed by atoms with Crippen molar-refractivity contribution < 1.29 is 18.0 Å². The van der Waals surface area contributed by atoms with Crippen LogP contribution in [0.2, 0.25) is 5.02 Å². The highest BCUT2D eigenvalue weighted by Gasteiger charge is 2.40. The minimum absolute atomic E-state index is 0.0345. The number of carbonyl (C=O) groups is 2. The Balaban J connectivity index is 1.24. The number of carbonyl (C=O) groups excluding carboxylic acids is 2. The van der Waals surface area contributed by atoms with E-state index in [1.54, 1.807) is 0 Å². The highest BCUT2D eigenvalue weighted by atomic mass is 35.5. The fourth-order valence-corrected chi connectivity index (χ4v) is 7.14. The molecule has 0 bridgehead atoms. The third kappa shape index (κ3) is 6.55. The molecule has 1 heterocycles. The molecule has 0 saturated carbocycles. The molecule has 3 N–H and O–H groups in total. The van der Waals surface area contributed by atoms with E-state index < -0.39 is 22.0 Å². The fourth-order valence-electron chi connectivity index (χ4n) is 5.42. The molecule has 5 rings (SSSR count). The van der Waals surface area contributed by atoms with Crippen molar-refractivity contribution in [1.82, 2.24) is 20.3 Å². The summed E-state index contributed by atoms with van der Waals surface area (Å²) in [5.41, 5.74) is 4.70. The first-order valence-electron chi connectivity index (χ1n) is 13.5. The van der Waals surface area contributed by atoms with Crippen LogP contribution in [0.25, 0.3) is 0 Å². The Morgan fingerprint density at radius 2 is 1.75 bits per heavy atom. The monoisotopic (exact) mass is 580 g/mol. The first-order chi connectivity index (χ1) is 19.3. The number of rotatable bonds is 9. The summed E-state index contributed by atoms with van der Waals surface area (Å²) >= 11 is 5.92. The number of hydrogen-bond donors (Lipinski definition) is 3. The van der Waals surface area contributed by atoms with E-state index >= 15 is 0 Å². The zero-order valence-corrected chi connectivity index (χ0v) is 23.7. The average molecular weight is 581 g/mol. The van der Waals surface area contributed by atoms with Gasteiger partial charge in [0.2, 0.25) is 21.8 Å². The lowest BCUT2D eigenvalue weighted by atomic mass is 9.86. The minimum Gasteiger partial charge on any atom is -0.353 e. The molecule has 2 atom stereocenters. The van der Waals surface area contributed by atoms with Crippen molar-refractivity contribution in [3.05, 3.63) is 100 Å². The topological polar surface area (TPSA) is 108 Å². The normalized spacial score (nSPS) is 19.5. The molecule has 10 heteroatoms. The first kappa shape index (κ1) is 28.3. The van der Waals surface area contributed by atoms with Crippen LogP contribution >= 0.6 is 11.6 Å². The van der Waals surface area contributed by atoms with Gasteiger partial charge in [-0.2, -0.15) is 4.31 Å². The van der Waals surface area contributed by atoms with Gasteiger partial charge in [0, 0.05) is 31.2 Å². The molecule has 0 unspecified atom stereocenters. The van der Waals surface area contributed by atoms with Crippen molar-refractivity contribution in [3.8, 4) is 0 Å². The number of fused-ring (bicyclic) bond motifs is 1. The summed E-state index contributed by atoms with van der Waals surface area (Å²) in [5.74, 6) is -0.833. The van der Waals surface area contributed by atoms with E-state index in [0.29, 0.717) is 5.02 Å². The maximum atomic E-state index is 13.3. The number of piperazine rings is 1. The van der Waals surface area contributed by atoms with Gasteiger partial charge in [-0.15, -0.1) is 0 Å². The lowest BCUT2D eigenvalue weighted by Crippen LogP contribution is -2.58. The molecule has 40 heavy (non-hydrogen) atoms. The van der Waals surface area contributed by atoms with Crippen LogP contribution in [0.15, 0.2) is 77.7 Å². The highest BCUT2D eigenvalue weighted by Crippen LogP contribution is 2.31. The molecule has 0 spiro atoms. The Kier molecular flexibility index (Phi) is 8.85. The minimum atomic E-state index is -3.99. The molecule has 2 amide bonds. The van der Waals surface area contributed by atoms with Crippen molar-refractivity contribution in [1.29, 1.82) is 0 Å². The van der Waals surface area contributed by atoms with E-state index in [1.807, 2.05) is 18.2 Å². The predicted octanol–water partition coefficient (Wildman–Crippen LogP) is 3.70. The van der Waals surface area contributed by atoms with Crippen LogP contribution in [0.5, 0.6) is 0 Å². The second-order valence-electron chi connectivity index (χ2n) is 10.2. The second-order valence-corrected chi connectivity index (χ2v) is 12.5. The Morgan fingerprint density at radius 3 is 2.52 bits per heavy atom. The largest absolute Gasteiger partial charge is 0.353 e. The number of amides is 2. The van der Waals surface area contributed by atoms with Crippen molar-refractivity contribution in [3.63, 3.8) is 0 Å². The van der Waals surface area contributed by atoms with Crippen LogP contribution in [0.3, 0.4) is 0 Å². The second kappa shape index (κ2) is 12.5. The third-order valence-corrected chi connectivity index (χ3v) is 9.61. The van der Waals surface area contributed by atoms with E-state index in [9.17, 15) is 18.0 Å². The number of sulfonamides is 1. The van der Waals surface area contributed by atoms with E-state index in [4.69, 9.17) is 11.6 Å². The molecule has 3 aromatic carbocycles. The van der Waals surface area contributed by atoms with Crippen molar-refractivity contribution in [2.24, 2.45) is 0 Å². The van der Waals surface area contributed by atoms with Gasteiger partial charge in [0.25, 0.3) is 0 Å². The van der Waals surface area contributed by atoms with Crippen LogP contribution < -0.4 is 16.0 Å². The zero-order valence-electron chi connectivity index (χ0n) is 22.1. The molecule has 3 aromatic rings. The number of halogens is 1. The van der Waals surface area contributed by atoms with Crippen molar-refractivity contribution in [2.45, 2.75) is 55.8 Å². The SMILES string of the molecule is O=C(C[C@@H]1C(=O)NCCN1S(=O)(=O)c1ccc(Cl)cc1)N[C@@H]1CCCc2cc(CNCc3ccccc3)ccc21. The predicted molar refractivity (Wildman–Crippen MR) is 154 cm³/mol. The van der Waals surface area contributed by atoms with E-state index in [-0.39, 0.29) is 36.4 Å². The van der Waals surface area contributed by atoms with Gasteiger partial charge >= 0.3 is 0 Å². The molecular weight excluding hydrogens is 548 g/mol. The van der Waals surface area contributed by atoms with Crippen LogP contribution in [-0.2, 0) is 39.1 Å². The maximum Gasteiger partial charge on any atom is 0.243 e. The summed E-state index contributed by atoms with van der Waals surface area (Å²) in [6, 6.07) is 21.1. The molecule has 2 aliphatic rings. The lowest BCUT2D eigenvalue weighted by Gasteiger charge is -2.34. The molecule has 1 fully saturated rings. The van der Waals surface area contributed by atoms with Gasteiger partial charge in [0.05, 0.1) is 17.4 Å². The Labute approximate surface area is 240 Å². The van der Waals surface area contributed by atoms with Gasteiger partial charge in [-0.3, -0.25) is 9.59 Å². The standard InChI is InChI=1S/C30H33ClN4O4S/c31-24-10-12-25(13-11-24)40(38,39)35-16-15-33-30(37)28(35)18-29(36)34-27-8-4-7-23-17-22(9-14-26(23)27)20-32-19-21-5-2-1-3-6-21/h1-3,5-6,9-14,17,27-28,32H,4,7-8,15-16,18-20H2,(H,33,37)(H,34,36)/t27-,28-/m1/s1. The van der Waals surface area contributed by atoms with Gasteiger partial charge in [0.1, 0.15) is 6.04 Å².